The molecule has 0 fully saturated rings. The SMILES string of the molecule is COc1cc(/C(C)=N/O)cc(-c2cccc3cccnc23)c1OC. The summed E-state index contributed by atoms with van der Waals surface area (Å²) in [6.45, 7) is 1.73. The van der Waals surface area contributed by atoms with Crippen LogP contribution in [-0.2, 0) is 0 Å². The molecule has 2 aromatic carbocycles. The molecule has 3 rings (SSSR count). The smallest absolute Gasteiger partial charge is 0.168 e. The second kappa shape index (κ2) is 6.58. The molecule has 5 nitrogen and oxygen atoms in total. The monoisotopic (exact) mass is 322 g/mol. The molecular formula is C19H18N2O3. The van der Waals surface area contributed by atoms with Crippen molar-refractivity contribution in [1.82, 2.24) is 4.98 Å². The number of methoxy groups -OCH3 is 2. The minimum atomic E-state index is 0.491. The number of oxime groups is 1. The van der Waals surface area contributed by atoms with Crippen molar-refractivity contribution in [2.24, 2.45) is 5.16 Å². The first-order valence-electron chi connectivity index (χ1n) is 7.48. The predicted molar refractivity (Wildman–Crippen MR) is 94.3 cm³/mol. The molecule has 0 spiro atoms. The third kappa shape index (κ3) is 2.65. The van der Waals surface area contributed by atoms with E-state index in [1.54, 1.807) is 33.4 Å². The minimum absolute atomic E-state index is 0.491. The molecule has 5 heteroatoms. The van der Waals surface area contributed by atoms with Gasteiger partial charge in [0.2, 0.25) is 0 Å². The summed E-state index contributed by atoms with van der Waals surface area (Å²) in [4.78, 5) is 4.51. The molecule has 0 aliphatic heterocycles. The summed E-state index contributed by atoms with van der Waals surface area (Å²) in [5, 5.41) is 13.4. The Bertz CT molecular complexity index is 914. The number of para-hydroxylation sites is 1. The summed E-state index contributed by atoms with van der Waals surface area (Å²) >= 11 is 0. The van der Waals surface area contributed by atoms with Crippen LogP contribution in [0.25, 0.3) is 22.0 Å². The van der Waals surface area contributed by atoms with E-state index in [2.05, 4.69) is 10.1 Å². The number of hydrogen-bond donors (Lipinski definition) is 1. The van der Waals surface area contributed by atoms with Crippen molar-refractivity contribution in [2.75, 3.05) is 14.2 Å². The molecule has 1 N–H and O–H groups in total. The molecule has 0 unspecified atom stereocenters. The summed E-state index contributed by atoms with van der Waals surface area (Å²) in [5.41, 5.74) is 3.87. The van der Waals surface area contributed by atoms with Crippen LogP contribution >= 0.6 is 0 Å². The van der Waals surface area contributed by atoms with E-state index in [0.29, 0.717) is 17.2 Å². The zero-order valence-corrected chi connectivity index (χ0v) is 13.8. The highest BCUT2D eigenvalue weighted by Crippen LogP contribution is 2.41. The van der Waals surface area contributed by atoms with E-state index >= 15 is 0 Å². The van der Waals surface area contributed by atoms with Crippen LogP contribution < -0.4 is 9.47 Å². The largest absolute Gasteiger partial charge is 0.493 e. The Morgan fingerprint density at radius 2 is 1.83 bits per heavy atom. The van der Waals surface area contributed by atoms with Crippen LogP contribution in [0.1, 0.15) is 12.5 Å². The molecule has 3 aromatic rings. The number of ether oxygens (including phenoxy) is 2. The van der Waals surface area contributed by atoms with Crippen LogP contribution in [0, 0.1) is 0 Å². The Morgan fingerprint density at radius 1 is 1.04 bits per heavy atom. The van der Waals surface area contributed by atoms with E-state index in [-0.39, 0.29) is 0 Å². The number of rotatable bonds is 4. The van der Waals surface area contributed by atoms with E-state index in [1.807, 2.05) is 36.4 Å². The molecule has 0 aliphatic carbocycles. The topological polar surface area (TPSA) is 63.9 Å². The lowest BCUT2D eigenvalue weighted by molar-refractivity contribution is 0.319. The third-order valence-corrected chi connectivity index (χ3v) is 3.97. The molecule has 1 heterocycles. The summed E-state index contributed by atoms with van der Waals surface area (Å²) in [7, 11) is 3.19. The van der Waals surface area contributed by atoms with Gasteiger partial charge in [0.1, 0.15) is 0 Å². The van der Waals surface area contributed by atoms with Crippen LogP contribution in [0.2, 0.25) is 0 Å². The highest BCUT2D eigenvalue weighted by Gasteiger charge is 2.17. The Morgan fingerprint density at radius 3 is 2.54 bits per heavy atom. The Kier molecular flexibility index (Phi) is 4.33. The van der Waals surface area contributed by atoms with Crippen molar-refractivity contribution in [3.63, 3.8) is 0 Å². The maximum atomic E-state index is 9.12. The highest BCUT2D eigenvalue weighted by molar-refractivity contribution is 6.02. The predicted octanol–water partition coefficient (Wildman–Crippen LogP) is 4.12. The molecular weight excluding hydrogens is 304 g/mol. The first-order chi connectivity index (χ1) is 11.7. The zero-order valence-electron chi connectivity index (χ0n) is 13.8. The van der Waals surface area contributed by atoms with Gasteiger partial charge in [0.15, 0.2) is 11.5 Å². The fourth-order valence-corrected chi connectivity index (χ4v) is 2.75. The van der Waals surface area contributed by atoms with Crippen molar-refractivity contribution in [1.29, 1.82) is 0 Å². The number of hydrogen-bond acceptors (Lipinski definition) is 5. The number of nitrogens with zero attached hydrogens (tertiary/aromatic N) is 2. The molecule has 0 radical (unpaired) electrons. The van der Waals surface area contributed by atoms with Crippen molar-refractivity contribution in [3.05, 3.63) is 54.2 Å². The van der Waals surface area contributed by atoms with Crippen molar-refractivity contribution in [2.45, 2.75) is 6.92 Å². The van der Waals surface area contributed by atoms with Gasteiger partial charge in [-0.1, -0.05) is 29.4 Å². The van der Waals surface area contributed by atoms with Gasteiger partial charge in [-0.2, -0.15) is 0 Å². The summed E-state index contributed by atoms with van der Waals surface area (Å²) in [5.74, 6) is 1.19. The van der Waals surface area contributed by atoms with Crippen LogP contribution in [0.5, 0.6) is 11.5 Å². The van der Waals surface area contributed by atoms with Crippen molar-refractivity contribution in [3.8, 4) is 22.6 Å². The van der Waals surface area contributed by atoms with Gasteiger partial charge >= 0.3 is 0 Å². The van der Waals surface area contributed by atoms with E-state index in [0.717, 1.165) is 27.6 Å². The molecule has 0 atom stereocenters. The quantitative estimate of drug-likeness (QED) is 0.446. The molecule has 0 bridgehead atoms. The maximum absolute atomic E-state index is 9.12. The van der Waals surface area contributed by atoms with Gasteiger partial charge in [-0.25, -0.2) is 0 Å². The maximum Gasteiger partial charge on any atom is 0.168 e. The summed E-state index contributed by atoms with van der Waals surface area (Å²) in [6.07, 6.45) is 1.76. The molecule has 0 aliphatic rings. The molecule has 0 saturated carbocycles. The molecule has 0 saturated heterocycles. The van der Waals surface area contributed by atoms with Crippen LogP contribution in [0.15, 0.2) is 53.8 Å². The summed E-state index contributed by atoms with van der Waals surface area (Å²) in [6, 6.07) is 13.6. The van der Waals surface area contributed by atoms with Crippen molar-refractivity contribution >= 4 is 16.6 Å². The summed E-state index contributed by atoms with van der Waals surface area (Å²) < 4.78 is 11.0. The van der Waals surface area contributed by atoms with E-state index < -0.39 is 0 Å². The second-order valence-electron chi connectivity index (χ2n) is 5.33. The highest BCUT2D eigenvalue weighted by atomic mass is 16.5. The van der Waals surface area contributed by atoms with E-state index in [4.69, 9.17) is 14.7 Å². The lowest BCUT2D eigenvalue weighted by Gasteiger charge is -2.16. The van der Waals surface area contributed by atoms with E-state index in [9.17, 15) is 0 Å². The molecule has 0 amide bonds. The average Bonchev–Trinajstić information content (AvgIpc) is 2.65. The lowest BCUT2D eigenvalue weighted by Crippen LogP contribution is -2.00. The average molecular weight is 322 g/mol. The molecule has 1 aromatic heterocycles. The Labute approximate surface area is 140 Å². The number of aromatic nitrogens is 1. The first-order valence-corrected chi connectivity index (χ1v) is 7.48. The number of pyridine rings is 1. The van der Waals surface area contributed by atoms with Crippen LogP contribution in [0.4, 0.5) is 0 Å². The number of fused-ring (bicyclic) bond motifs is 1. The first kappa shape index (κ1) is 15.8. The third-order valence-electron chi connectivity index (χ3n) is 3.97. The van der Waals surface area contributed by atoms with Gasteiger partial charge < -0.3 is 14.7 Å². The fourth-order valence-electron chi connectivity index (χ4n) is 2.75. The number of benzene rings is 2. The van der Waals surface area contributed by atoms with Gasteiger partial charge in [0.05, 0.1) is 25.4 Å². The standard InChI is InChI=1S/C19H18N2O3/c1-12(21-22)14-10-16(19(24-3)17(11-14)23-2)15-8-4-6-13-7-5-9-20-18(13)15/h4-11,22H,1-3H3/b21-12+. The van der Waals surface area contributed by atoms with E-state index in [1.165, 1.54) is 0 Å². The van der Waals surface area contributed by atoms with Gasteiger partial charge in [0.25, 0.3) is 0 Å². The van der Waals surface area contributed by atoms with Gasteiger partial charge in [-0.05, 0) is 25.1 Å². The molecule has 24 heavy (non-hydrogen) atoms. The zero-order chi connectivity index (χ0) is 17.1. The fraction of sp³-hybridized carbons (Fsp3) is 0.158. The molecule has 122 valence electrons. The van der Waals surface area contributed by atoms with Crippen LogP contribution in [0.3, 0.4) is 0 Å². The lowest BCUT2D eigenvalue weighted by atomic mass is 9.97. The Balaban J connectivity index is 2.36. The van der Waals surface area contributed by atoms with Gasteiger partial charge in [-0.15, -0.1) is 0 Å². The Hall–Kier alpha value is -3.08. The van der Waals surface area contributed by atoms with Crippen LogP contribution in [-0.4, -0.2) is 30.1 Å². The van der Waals surface area contributed by atoms with Gasteiger partial charge in [-0.3, -0.25) is 4.98 Å². The van der Waals surface area contributed by atoms with Gasteiger partial charge in [0, 0.05) is 28.3 Å². The minimum Gasteiger partial charge on any atom is -0.493 e. The van der Waals surface area contributed by atoms with Crippen molar-refractivity contribution < 1.29 is 14.7 Å². The second-order valence-corrected chi connectivity index (χ2v) is 5.33. The normalized spacial score (nSPS) is 11.5.